The van der Waals surface area contributed by atoms with Crippen LogP contribution < -0.4 is 0 Å². The van der Waals surface area contributed by atoms with Gasteiger partial charge in [0.2, 0.25) is 0 Å². The molecule has 1 aliphatic heterocycles. The maximum absolute atomic E-state index is 10.9. The predicted octanol–water partition coefficient (Wildman–Crippen LogP) is 2.13. The third-order valence-electron chi connectivity index (χ3n) is 3.19. The third kappa shape index (κ3) is 3.58. The number of ether oxygens (including phenoxy) is 1. The largest absolute Gasteiger partial charge is 0.486 e. The van der Waals surface area contributed by atoms with E-state index in [2.05, 4.69) is 0 Å². The zero-order valence-corrected chi connectivity index (χ0v) is 11.3. The van der Waals surface area contributed by atoms with Crippen LogP contribution in [0.2, 0.25) is 0 Å². The van der Waals surface area contributed by atoms with Crippen molar-refractivity contribution in [3.63, 3.8) is 0 Å². The molecule has 1 aliphatic rings. The second-order valence-electron chi connectivity index (χ2n) is 5.09. The Morgan fingerprint density at radius 2 is 1.76 bits per heavy atom. The molecule has 0 unspecified atom stereocenters. The number of esters is 1. The molecule has 0 atom stereocenters. The molecular formula is C12H21BO4. The van der Waals surface area contributed by atoms with Crippen LogP contribution in [0.3, 0.4) is 0 Å². The van der Waals surface area contributed by atoms with Gasteiger partial charge < -0.3 is 14.0 Å². The Bertz CT molecular complexity index is 294. The van der Waals surface area contributed by atoms with Crippen LogP contribution in [-0.2, 0) is 18.8 Å². The van der Waals surface area contributed by atoms with E-state index in [9.17, 15) is 4.79 Å². The average molecular weight is 240 g/mol. The van der Waals surface area contributed by atoms with Crippen molar-refractivity contribution in [3.8, 4) is 0 Å². The molecule has 0 N–H and O–H groups in total. The average Bonchev–Trinajstić information content (AvgIpc) is 2.42. The van der Waals surface area contributed by atoms with Crippen molar-refractivity contribution in [2.24, 2.45) is 0 Å². The topological polar surface area (TPSA) is 44.8 Å². The number of carbonyl (C=O) groups excluding carboxylic acids is 1. The van der Waals surface area contributed by atoms with E-state index in [1.165, 1.54) is 0 Å². The SMILES string of the molecule is CCC(=O)OCC=CB1OC(C)(C)C(C)(C)O1. The Hall–Kier alpha value is -0.805. The molecule has 0 aromatic carbocycles. The van der Waals surface area contributed by atoms with Gasteiger partial charge in [-0.15, -0.1) is 0 Å². The molecule has 5 heteroatoms. The van der Waals surface area contributed by atoms with Gasteiger partial charge in [0.05, 0.1) is 11.2 Å². The molecule has 1 saturated heterocycles. The Balaban J connectivity index is 2.40. The van der Waals surface area contributed by atoms with Gasteiger partial charge >= 0.3 is 13.1 Å². The highest BCUT2D eigenvalue weighted by Crippen LogP contribution is 2.36. The van der Waals surface area contributed by atoms with Crippen LogP contribution in [0.25, 0.3) is 0 Å². The fourth-order valence-electron chi connectivity index (χ4n) is 1.38. The maximum atomic E-state index is 10.9. The highest BCUT2D eigenvalue weighted by atomic mass is 16.7. The summed E-state index contributed by atoms with van der Waals surface area (Å²) in [6, 6.07) is 0. The van der Waals surface area contributed by atoms with E-state index in [4.69, 9.17) is 14.0 Å². The Kier molecular flexibility index (Phi) is 4.39. The van der Waals surface area contributed by atoms with Gasteiger partial charge in [0.25, 0.3) is 0 Å². The lowest BCUT2D eigenvalue weighted by molar-refractivity contribution is -0.141. The first kappa shape index (κ1) is 14.3. The maximum Gasteiger partial charge on any atom is 0.486 e. The molecule has 17 heavy (non-hydrogen) atoms. The van der Waals surface area contributed by atoms with E-state index in [1.54, 1.807) is 19.0 Å². The molecule has 0 aromatic rings. The third-order valence-corrected chi connectivity index (χ3v) is 3.19. The molecule has 4 nitrogen and oxygen atoms in total. The lowest BCUT2D eigenvalue weighted by Gasteiger charge is -2.32. The van der Waals surface area contributed by atoms with Crippen molar-refractivity contribution >= 4 is 13.1 Å². The fraction of sp³-hybridized carbons (Fsp3) is 0.750. The minimum atomic E-state index is -0.375. The monoisotopic (exact) mass is 240 g/mol. The minimum Gasteiger partial charge on any atom is -0.461 e. The van der Waals surface area contributed by atoms with E-state index in [0.29, 0.717) is 6.42 Å². The highest BCUT2D eigenvalue weighted by Gasteiger charge is 2.49. The summed E-state index contributed by atoms with van der Waals surface area (Å²) < 4.78 is 16.4. The molecule has 1 rings (SSSR count). The first-order valence-electron chi connectivity index (χ1n) is 5.96. The van der Waals surface area contributed by atoms with Crippen LogP contribution in [-0.4, -0.2) is 30.9 Å². The lowest BCUT2D eigenvalue weighted by atomic mass is 9.90. The first-order chi connectivity index (χ1) is 7.78. The van der Waals surface area contributed by atoms with Crippen molar-refractivity contribution in [2.75, 3.05) is 6.61 Å². The lowest BCUT2D eigenvalue weighted by Crippen LogP contribution is -2.41. The van der Waals surface area contributed by atoms with Crippen molar-refractivity contribution in [3.05, 3.63) is 12.1 Å². The second kappa shape index (κ2) is 5.23. The van der Waals surface area contributed by atoms with E-state index < -0.39 is 0 Å². The van der Waals surface area contributed by atoms with Crippen molar-refractivity contribution in [1.82, 2.24) is 0 Å². The minimum absolute atomic E-state index is 0.205. The highest BCUT2D eigenvalue weighted by molar-refractivity contribution is 6.51. The predicted molar refractivity (Wildman–Crippen MR) is 66.5 cm³/mol. The van der Waals surface area contributed by atoms with E-state index >= 15 is 0 Å². The van der Waals surface area contributed by atoms with Crippen LogP contribution in [0.4, 0.5) is 0 Å². The molecule has 0 amide bonds. The van der Waals surface area contributed by atoms with Gasteiger partial charge in [-0.3, -0.25) is 4.79 Å². The molecule has 0 aromatic heterocycles. The zero-order chi connectivity index (χ0) is 13.1. The summed E-state index contributed by atoms with van der Waals surface area (Å²) in [4.78, 5) is 10.9. The summed E-state index contributed by atoms with van der Waals surface area (Å²) in [7, 11) is -0.375. The van der Waals surface area contributed by atoms with Gasteiger partial charge in [-0.2, -0.15) is 0 Å². The van der Waals surface area contributed by atoms with Crippen molar-refractivity contribution in [2.45, 2.75) is 52.2 Å². The van der Waals surface area contributed by atoms with Gasteiger partial charge in [0, 0.05) is 6.42 Å². The molecule has 0 saturated carbocycles. The smallest absolute Gasteiger partial charge is 0.461 e. The van der Waals surface area contributed by atoms with Gasteiger partial charge in [-0.05, 0) is 27.7 Å². The number of hydrogen-bond donors (Lipinski definition) is 0. The van der Waals surface area contributed by atoms with Gasteiger partial charge in [0.1, 0.15) is 6.61 Å². The molecule has 0 aliphatic carbocycles. The summed E-state index contributed by atoms with van der Waals surface area (Å²) in [5.74, 6) is 1.57. The van der Waals surface area contributed by atoms with Gasteiger partial charge in [-0.1, -0.05) is 19.0 Å². The Morgan fingerprint density at radius 1 is 1.24 bits per heavy atom. The van der Waals surface area contributed by atoms with Gasteiger partial charge in [0.15, 0.2) is 0 Å². The second-order valence-corrected chi connectivity index (χ2v) is 5.09. The zero-order valence-electron chi connectivity index (χ0n) is 11.3. The van der Waals surface area contributed by atoms with Crippen LogP contribution in [0.15, 0.2) is 12.1 Å². The molecule has 0 radical (unpaired) electrons. The number of carbonyl (C=O) groups is 1. The summed E-state index contributed by atoms with van der Waals surface area (Å²) in [6.45, 7) is 10.0. The summed E-state index contributed by atoms with van der Waals surface area (Å²) in [6.07, 6.45) is 2.14. The molecule has 0 spiro atoms. The molecule has 1 fully saturated rings. The van der Waals surface area contributed by atoms with Crippen LogP contribution in [0.5, 0.6) is 0 Å². The van der Waals surface area contributed by atoms with Crippen molar-refractivity contribution < 1.29 is 18.8 Å². The van der Waals surface area contributed by atoms with Crippen LogP contribution >= 0.6 is 0 Å². The quantitative estimate of drug-likeness (QED) is 0.557. The fourth-order valence-corrected chi connectivity index (χ4v) is 1.38. The first-order valence-corrected chi connectivity index (χ1v) is 5.96. The molecule has 0 bridgehead atoms. The Labute approximate surface area is 103 Å². The summed E-state index contributed by atoms with van der Waals surface area (Å²) >= 11 is 0. The number of hydrogen-bond acceptors (Lipinski definition) is 4. The van der Waals surface area contributed by atoms with E-state index in [-0.39, 0.29) is 30.9 Å². The van der Waals surface area contributed by atoms with Crippen molar-refractivity contribution in [1.29, 1.82) is 0 Å². The van der Waals surface area contributed by atoms with E-state index in [1.807, 2.05) is 27.7 Å². The standard InChI is InChI=1S/C12H21BO4/c1-6-10(14)15-9-7-8-13-16-11(2,3)12(4,5)17-13/h7-8H,6,9H2,1-5H3. The normalized spacial score (nSPS) is 22.1. The van der Waals surface area contributed by atoms with E-state index in [0.717, 1.165) is 0 Å². The summed E-state index contributed by atoms with van der Waals surface area (Å²) in [5.41, 5.74) is -0.662. The van der Waals surface area contributed by atoms with Gasteiger partial charge in [-0.25, -0.2) is 0 Å². The molecular weight excluding hydrogens is 219 g/mol. The Morgan fingerprint density at radius 3 is 2.24 bits per heavy atom. The molecule has 96 valence electrons. The molecule has 1 heterocycles. The van der Waals surface area contributed by atoms with Crippen LogP contribution in [0, 0.1) is 0 Å². The summed E-state index contributed by atoms with van der Waals surface area (Å²) in [5, 5.41) is 0. The van der Waals surface area contributed by atoms with Crippen LogP contribution in [0.1, 0.15) is 41.0 Å². The number of rotatable bonds is 4.